The molecule has 2 aliphatic rings. The molecule has 0 saturated carbocycles. The third-order valence-electron chi connectivity index (χ3n) is 3.72. The van der Waals surface area contributed by atoms with Crippen molar-refractivity contribution < 1.29 is 4.79 Å². The molecule has 0 unspecified atom stereocenters. The molecular weight excluding hydrogens is 202 g/mol. The first kappa shape index (κ1) is 11.9. The second kappa shape index (κ2) is 5.64. The van der Waals surface area contributed by atoms with E-state index in [9.17, 15) is 4.79 Å². The van der Waals surface area contributed by atoms with Crippen molar-refractivity contribution in [1.82, 2.24) is 15.1 Å². The van der Waals surface area contributed by atoms with Gasteiger partial charge >= 0.3 is 0 Å². The number of hydrogen-bond donors (Lipinski definition) is 1. The highest BCUT2D eigenvalue weighted by Gasteiger charge is 2.27. The van der Waals surface area contributed by atoms with Crippen molar-refractivity contribution in [3.63, 3.8) is 0 Å². The second-order valence-electron chi connectivity index (χ2n) is 4.85. The smallest absolute Gasteiger partial charge is 0.239 e. The average molecular weight is 225 g/mol. The van der Waals surface area contributed by atoms with Gasteiger partial charge < -0.3 is 10.2 Å². The van der Waals surface area contributed by atoms with Crippen LogP contribution in [-0.4, -0.2) is 61.0 Å². The zero-order chi connectivity index (χ0) is 11.4. The van der Waals surface area contributed by atoms with Gasteiger partial charge in [0.1, 0.15) is 0 Å². The summed E-state index contributed by atoms with van der Waals surface area (Å²) in [5.74, 6) is 0.335. The molecule has 1 N–H and O–H groups in total. The number of hydrogen-bond acceptors (Lipinski definition) is 3. The zero-order valence-electron chi connectivity index (χ0n) is 10.2. The molecule has 0 aliphatic carbocycles. The van der Waals surface area contributed by atoms with Crippen molar-refractivity contribution in [2.75, 3.05) is 39.3 Å². The largest absolute Gasteiger partial charge is 0.341 e. The van der Waals surface area contributed by atoms with Crippen LogP contribution in [0.4, 0.5) is 0 Å². The van der Waals surface area contributed by atoms with Crippen molar-refractivity contribution >= 4 is 5.91 Å². The van der Waals surface area contributed by atoms with Gasteiger partial charge in [0.15, 0.2) is 0 Å². The van der Waals surface area contributed by atoms with Gasteiger partial charge in [-0.05, 0) is 26.2 Å². The fourth-order valence-electron chi connectivity index (χ4n) is 2.60. The fraction of sp³-hybridized carbons (Fsp3) is 0.917. The van der Waals surface area contributed by atoms with E-state index in [1.54, 1.807) is 0 Å². The molecule has 16 heavy (non-hydrogen) atoms. The number of piperidine rings is 1. The molecule has 2 aliphatic heterocycles. The van der Waals surface area contributed by atoms with E-state index in [-0.39, 0.29) is 6.04 Å². The lowest BCUT2D eigenvalue weighted by Crippen LogP contribution is -2.54. The lowest BCUT2D eigenvalue weighted by atomic mass is 10.1. The van der Waals surface area contributed by atoms with Gasteiger partial charge in [0.05, 0.1) is 6.04 Å². The second-order valence-corrected chi connectivity index (χ2v) is 4.85. The molecule has 0 aromatic carbocycles. The number of carbonyl (C=O) groups excluding carboxylic acids is 1. The predicted molar refractivity (Wildman–Crippen MR) is 64.3 cm³/mol. The molecule has 1 atom stereocenters. The molecule has 4 nitrogen and oxygen atoms in total. The van der Waals surface area contributed by atoms with Gasteiger partial charge in [-0.25, -0.2) is 0 Å². The van der Waals surface area contributed by atoms with E-state index in [2.05, 4.69) is 22.0 Å². The maximum Gasteiger partial charge on any atom is 0.239 e. The molecule has 4 heteroatoms. The lowest BCUT2D eigenvalue weighted by molar-refractivity contribution is -0.137. The molecule has 0 radical (unpaired) electrons. The molecule has 2 fully saturated rings. The zero-order valence-corrected chi connectivity index (χ0v) is 10.2. The third kappa shape index (κ3) is 2.74. The Balaban J connectivity index is 1.86. The van der Waals surface area contributed by atoms with E-state index in [0.717, 1.165) is 39.3 Å². The highest BCUT2D eigenvalue weighted by molar-refractivity contribution is 5.81. The third-order valence-corrected chi connectivity index (χ3v) is 3.72. The summed E-state index contributed by atoms with van der Waals surface area (Å²) in [5.41, 5.74) is 0. The van der Waals surface area contributed by atoms with Crippen LogP contribution in [0.2, 0.25) is 0 Å². The number of piperazine rings is 1. The number of likely N-dealkylation sites (tertiary alicyclic amines) is 1. The topological polar surface area (TPSA) is 35.6 Å². The molecule has 2 heterocycles. The van der Waals surface area contributed by atoms with Gasteiger partial charge in [0.2, 0.25) is 5.91 Å². The van der Waals surface area contributed by atoms with Gasteiger partial charge in [-0.3, -0.25) is 9.69 Å². The number of amides is 1. The SMILES string of the molecule is C[C@@H](C(=O)N1CCCCC1)N1CCNCC1. The summed E-state index contributed by atoms with van der Waals surface area (Å²) >= 11 is 0. The van der Waals surface area contributed by atoms with Crippen LogP contribution in [0.3, 0.4) is 0 Å². The van der Waals surface area contributed by atoms with Crippen molar-refractivity contribution in [3.05, 3.63) is 0 Å². The van der Waals surface area contributed by atoms with Crippen LogP contribution in [0.1, 0.15) is 26.2 Å². The summed E-state index contributed by atoms with van der Waals surface area (Å²) in [7, 11) is 0. The maximum absolute atomic E-state index is 12.3. The highest BCUT2D eigenvalue weighted by Crippen LogP contribution is 2.12. The molecular formula is C12H23N3O. The van der Waals surface area contributed by atoms with Gasteiger partial charge in [-0.1, -0.05) is 0 Å². The Morgan fingerprint density at radius 3 is 2.31 bits per heavy atom. The molecule has 0 aromatic rings. The Hall–Kier alpha value is -0.610. The van der Waals surface area contributed by atoms with E-state index < -0.39 is 0 Å². The van der Waals surface area contributed by atoms with E-state index in [0.29, 0.717) is 5.91 Å². The molecule has 92 valence electrons. The summed E-state index contributed by atoms with van der Waals surface area (Å²) in [6.45, 7) is 8.02. The predicted octanol–water partition coefficient (Wildman–Crippen LogP) is 0.293. The van der Waals surface area contributed by atoms with E-state index >= 15 is 0 Å². The normalized spacial score (nSPS) is 25.4. The van der Waals surface area contributed by atoms with Gasteiger partial charge in [-0.15, -0.1) is 0 Å². The molecule has 1 amide bonds. The van der Waals surface area contributed by atoms with Crippen LogP contribution in [0.5, 0.6) is 0 Å². The van der Waals surface area contributed by atoms with Gasteiger partial charge in [0.25, 0.3) is 0 Å². The van der Waals surface area contributed by atoms with Crippen LogP contribution >= 0.6 is 0 Å². The lowest BCUT2D eigenvalue weighted by Gasteiger charge is -2.36. The minimum Gasteiger partial charge on any atom is -0.341 e. The molecule has 0 aromatic heterocycles. The monoisotopic (exact) mass is 225 g/mol. The minimum atomic E-state index is 0.0696. The van der Waals surface area contributed by atoms with Crippen molar-refractivity contribution in [3.8, 4) is 0 Å². The Morgan fingerprint density at radius 1 is 1.06 bits per heavy atom. The van der Waals surface area contributed by atoms with E-state index in [1.165, 1.54) is 19.3 Å². The first-order valence-electron chi connectivity index (χ1n) is 6.52. The Morgan fingerprint density at radius 2 is 1.69 bits per heavy atom. The molecule has 0 bridgehead atoms. The van der Waals surface area contributed by atoms with Crippen molar-refractivity contribution in [2.24, 2.45) is 0 Å². The van der Waals surface area contributed by atoms with Crippen LogP contribution in [-0.2, 0) is 4.79 Å². The van der Waals surface area contributed by atoms with Crippen LogP contribution in [0.15, 0.2) is 0 Å². The summed E-state index contributed by atoms with van der Waals surface area (Å²) in [5, 5.41) is 3.32. The standard InChI is InChI=1S/C12H23N3O/c1-11(14-9-5-13-6-10-14)12(16)15-7-3-2-4-8-15/h11,13H,2-10H2,1H3/t11-/m0/s1. The van der Waals surface area contributed by atoms with Crippen LogP contribution < -0.4 is 5.32 Å². The number of nitrogens with one attached hydrogen (secondary N) is 1. The Kier molecular flexibility index (Phi) is 4.18. The molecule has 0 spiro atoms. The van der Waals surface area contributed by atoms with Crippen LogP contribution in [0.25, 0.3) is 0 Å². The highest BCUT2D eigenvalue weighted by atomic mass is 16.2. The molecule has 2 rings (SSSR count). The van der Waals surface area contributed by atoms with Gasteiger partial charge in [0, 0.05) is 39.3 Å². The number of rotatable bonds is 2. The van der Waals surface area contributed by atoms with E-state index in [4.69, 9.17) is 0 Å². The first-order valence-corrected chi connectivity index (χ1v) is 6.52. The van der Waals surface area contributed by atoms with Gasteiger partial charge in [-0.2, -0.15) is 0 Å². The van der Waals surface area contributed by atoms with Crippen molar-refractivity contribution in [1.29, 1.82) is 0 Å². The summed E-state index contributed by atoms with van der Waals surface area (Å²) in [4.78, 5) is 16.6. The average Bonchev–Trinajstić information content (AvgIpc) is 2.39. The number of carbonyl (C=O) groups is 1. The minimum absolute atomic E-state index is 0.0696. The fourth-order valence-corrected chi connectivity index (χ4v) is 2.60. The maximum atomic E-state index is 12.3. The quantitative estimate of drug-likeness (QED) is 0.734. The first-order chi connectivity index (χ1) is 7.79. The number of nitrogens with zero attached hydrogens (tertiary/aromatic N) is 2. The van der Waals surface area contributed by atoms with E-state index in [1.807, 2.05) is 0 Å². The summed E-state index contributed by atoms with van der Waals surface area (Å²) in [6, 6.07) is 0.0696. The summed E-state index contributed by atoms with van der Waals surface area (Å²) < 4.78 is 0. The summed E-state index contributed by atoms with van der Waals surface area (Å²) in [6.07, 6.45) is 3.64. The van der Waals surface area contributed by atoms with Crippen molar-refractivity contribution in [2.45, 2.75) is 32.2 Å². The Bertz CT molecular complexity index is 232. The van der Waals surface area contributed by atoms with Crippen LogP contribution in [0, 0.1) is 0 Å². The molecule has 2 saturated heterocycles. The Labute approximate surface area is 98.0 Å².